The van der Waals surface area contributed by atoms with E-state index in [1.807, 2.05) is 17.8 Å². The Morgan fingerprint density at radius 2 is 2.14 bits per heavy atom. The fourth-order valence-electron chi connectivity index (χ4n) is 1.58. The molecule has 0 saturated carbocycles. The molecule has 0 aliphatic rings. The van der Waals surface area contributed by atoms with E-state index in [0.717, 1.165) is 5.92 Å². The third-order valence-corrected chi connectivity index (χ3v) is 3.43. The van der Waals surface area contributed by atoms with Crippen LogP contribution in [0, 0.1) is 5.92 Å². The van der Waals surface area contributed by atoms with Gasteiger partial charge in [-0.2, -0.15) is 0 Å². The highest BCUT2D eigenvalue weighted by Gasteiger charge is 2.07. The normalized spacial score (nSPS) is 14.1. The molecule has 82 valence electrons. The zero-order valence-electron chi connectivity index (χ0n) is 9.88. The van der Waals surface area contributed by atoms with Crippen molar-refractivity contribution in [2.24, 2.45) is 5.92 Å². The average Bonchev–Trinajstić information content (AvgIpc) is 2.22. The second-order valence-corrected chi connectivity index (χ2v) is 4.63. The Kier molecular flexibility index (Phi) is 9.27. The van der Waals surface area contributed by atoms with E-state index >= 15 is 0 Å². The summed E-state index contributed by atoms with van der Waals surface area (Å²) >= 11 is 1.86. The first-order valence-electron chi connectivity index (χ1n) is 5.64. The highest BCUT2D eigenvalue weighted by molar-refractivity contribution is 8.02. The lowest BCUT2D eigenvalue weighted by Crippen LogP contribution is -1.99. The van der Waals surface area contributed by atoms with E-state index in [0.29, 0.717) is 0 Å². The minimum Gasteiger partial charge on any atom is -0.134 e. The van der Waals surface area contributed by atoms with Crippen LogP contribution in [0.15, 0.2) is 23.6 Å². The summed E-state index contributed by atoms with van der Waals surface area (Å²) in [7, 11) is 0. The number of unbranched alkanes of at least 4 members (excludes halogenated alkanes) is 1. The van der Waals surface area contributed by atoms with E-state index in [1.54, 1.807) is 0 Å². The number of rotatable bonds is 8. The highest BCUT2D eigenvalue weighted by atomic mass is 32.2. The quantitative estimate of drug-likeness (QED) is 0.509. The maximum absolute atomic E-state index is 3.75. The summed E-state index contributed by atoms with van der Waals surface area (Å²) < 4.78 is 0. The molecule has 0 fully saturated rings. The average molecular weight is 212 g/mol. The molecule has 0 N–H and O–H groups in total. The van der Waals surface area contributed by atoms with E-state index in [-0.39, 0.29) is 0 Å². The van der Waals surface area contributed by atoms with Gasteiger partial charge >= 0.3 is 0 Å². The standard InChI is InChI=1S/C13H24S/c1-5-8-10-12(7-3)11-13(14-4)9-6-2/h6,9,12H,2,5,7-8,10-11H2,1,3-4H3/b13-9-. The summed E-state index contributed by atoms with van der Waals surface area (Å²) in [6.07, 6.45) is 12.8. The van der Waals surface area contributed by atoms with Crippen molar-refractivity contribution < 1.29 is 0 Å². The van der Waals surface area contributed by atoms with E-state index in [1.165, 1.54) is 37.0 Å². The smallest absolute Gasteiger partial charge is 0.0140 e. The van der Waals surface area contributed by atoms with Crippen LogP contribution in [0.2, 0.25) is 0 Å². The van der Waals surface area contributed by atoms with Gasteiger partial charge in [0.1, 0.15) is 0 Å². The predicted octanol–water partition coefficient (Wildman–Crippen LogP) is 5.03. The fourth-order valence-corrected chi connectivity index (χ4v) is 2.21. The van der Waals surface area contributed by atoms with Gasteiger partial charge in [-0.3, -0.25) is 0 Å². The van der Waals surface area contributed by atoms with Gasteiger partial charge in [0, 0.05) is 0 Å². The number of thioether (sulfide) groups is 1. The second kappa shape index (κ2) is 9.39. The minimum absolute atomic E-state index is 0.869. The van der Waals surface area contributed by atoms with Crippen LogP contribution in [0.5, 0.6) is 0 Å². The molecule has 0 amide bonds. The van der Waals surface area contributed by atoms with Gasteiger partial charge in [0.25, 0.3) is 0 Å². The Bertz CT molecular complexity index is 170. The molecule has 0 aliphatic heterocycles. The number of allylic oxidation sites excluding steroid dienone is 3. The molecule has 0 bridgehead atoms. The lowest BCUT2D eigenvalue weighted by molar-refractivity contribution is 0.454. The maximum Gasteiger partial charge on any atom is -0.0140 e. The molecule has 0 nitrogen and oxygen atoms in total. The van der Waals surface area contributed by atoms with Crippen molar-refractivity contribution in [1.29, 1.82) is 0 Å². The Morgan fingerprint density at radius 1 is 1.43 bits per heavy atom. The van der Waals surface area contributed by atoms with Crippen molar-refractivity contribution in [3.05, 3.63) is 23.6 Å². The molecule has 14 heavy (non-hydrogen) atoms. The van der Waals surface area contributed by atoms with Crippen molar-refractivity contribution in [2.75, 3.05) is 6.26 Å². The zero-order valence-corrected chi connectivity index (χ0v) is 10.7. The van der Waals surface area contributed by atoms with Crippen LogP contribution in [-0.4, -0.2) is 6.26 Å². The first-order chi connectivity index (χ1) is 6.78. The van der Waals surface area contributed by atoms with Gasteiger partial charge in [-0.25, -0.2) is 0 Å². The minimum atomic E-state index is 0.869. The highest BCUT2D eigenvalue weighted by Crippen LogP contribution is 2.26. The van der Waals surface area contributed by atoms with Crippen molar-refractivity contribution in [2.45, 2.75) is 46.0 Å². The van der Waals surface area contributed by atoms with Crippen LogP contribution in [-0.2, 0) is 0 Å². The SMILES string of the molecule is C=C/C=C(/CC(CC)CCCC)SC. The molecule has 1 unspecified atom stereocenters. The summed E-state index contributed by atoms with van der Waals surface area (Å²) in [6.45, 7) is 8.32. The van der Waals surface area contributed by atoms with E-state index in [4.69, 9.17) is 0 Å². The molecule has 0 saturated heterocycles. The van der Waals surface area contributed by atoms with Crippen LogP contribution < -0.4 is 0 Å². The van der Waals surface area contributed by atoms with Gasteiger partial charge < -0.3 is 0 Å². The van der Waals surface area contributed by atoms with Gasteiger partial charge in [-0.15, -0.1) is 11.8 Å². The van der Waals surface area contributed by atoms with Gasteiger partial charge in [0.05, 0.1) is 0 Å². The summed E-state index contributed by atoms with van der Waals surface area (Å²) in [6, 6.07) is 0. The maximum atomic E-state index is 3.75. The molecule has 0 aromatic rings. The fraction of sp³-hybridized carbons (Fsp3) is 0.692. The summed E-state index contributed by atoms with van der Waals surface area (Å²) in [5.74, 6) is 0.869. The molecule has 0 spiro atoms. The topological polar surface area (TPSA) is 0 Å². The van der Waals surface area contributed by atoms with Crippen molar-refractivity contribution >= 4 is 11.8 Å². The number of hydrogen-bond donors (Lipinski definition) is 0. The zero-order chi connectivity index (χ0) is 10.8. The first-order valence-corrected chi connectivity index (χ1v) is 6.86. The van der Waals surface area contributed by atoms with E-state index in [9.17, 15) is 0 Å². The van der Waals surface area contributed by atoms with Gasteiger partial charge in [0.15, 0.2) is 0 Å². The summed E-state index contributed by atoms with van der Waals surface area (Å²) in [4.78, 5) is 1.47. The Labute approximate surface area is 93.9 Å². The molecular weight excluding hydrogens is 188 g/mol. The van der Waals surface area contributed by atoms with E-state index < -0.39 is 0 Å². The molecular formula is C13H24S. The largest absolute Gasteiger partial charge is 0.134 e. The molecule has 0 radical (unpaired) electrons. The lowest BCUT2D eigenvalue weighted by atomic mass is 9.95. The second-order valence-electron chi connectivity index (χ2n) is 3.69. The first kappa shape index (κ1) is 13.8. The van der Waals surface area contributed by atoms with Crippen LogP contribution in [0.1, 0.15) is 46.0 Å². The molecule has 0 aromatic heterocycles. The number of hydrogen-bond acceptors (Lipinski definition) is 1. The Balaban J connectivity index is 4.00. The summed E-state index contributed by atoms with van der Waals surface area (Å²) in [5, 5.41) is 0. The Morgan fingerprint density at radius 3 is 2.57 bits per heavy atom. The summed E-state index contributed by atoms with van der Waals surface area (Å²) in [5.41, 5.74) is 0. The molecule has 1 heteroatoms. The van der Waals surface area contributed by atoms with Gasteiger partial charge in [-0.05, 0) is 23.5 Å². The van der Waals surface area contributed by atoms with Crippen molar-refractivity contribution in [3.8, 4) is 0 Å². The van der Waals surface area contributed by atoms with Crippen LogP contribution in [0.25, 0.3) is 0 Å². The molecule has 0 heterocycles. The van der Waals surface area contributed by atoms with Gasteiger partial charge in [-0.1, -0.05) is 58.3 Å². The predicted molar refractivity (Wildman–Crippen MR) is 69.7 cm³/mol. The molecule has 0 aliphatic carbocycles. The third-order valence-electron chi connectivity index (χ3n) is 2.60. The van der Waals surface area contributed by atoms with E-state index in [2.05, 4.69) is 32.8 Å². The monoisotopic (exact) mass is 212 g/mol. The van der Waals surface area contributed by atoms with Crippen LogP contribution in [0.4, 0.5) is 0 Å². The van der Waals surface area contributed by atoms with Gasteiger partial charge in [0.2, 0.25) is 0 Å². The molecule has 0 aromatic carbocycles. The molecule has 0 rings (SSSR count). The Hall–Kier alpha value is -0.170. The third kappa shape index (κ3) is 6.31. The van der Waals surface area contributed by atoms with Crippen molar-refractivity contribution in [1.82, 2.24) is 0 Å². The lowest BCUT2D eigenvalue weighted by Gasteiger charge is -2.15. The molecule has 1 atom stereocenters. The van der Waals surface area contributed by atoms with Crippen LogP contribution in [0.3, 0.4) is 0 Å². The van der Waals surface area contributed by atoms with Crippen molar-refractivity contribution in [3.63, 3.8) is 0 Å². The van der Waals surface area contributed by atoms with Crippen LogP contribution >= 0.6 is 11.8 Å².